The van der Waals surface area contributed by atoms with Crippen LogP contribution in [0.1, 0.15) is 11.1 Å². The van der Waals surface area contributed by atoms with Crippen LogP contribution in [-0.2, 0) is 12.3 Å². The van der Waals surface area contributed by atoms with Gasteiger partial charge in [0, 0.05) is 0 Å². The van der Waals surface area contributed by atoms with Crippen molar-refractivity contribution in [1.82, 2.24) is 0 Å². The van der Waals surface area contributed by atoms with Gasteiger partial charge in [0.15, 0.2) is 0 Å². The van der Waals surface area contributed by atoms with Gasteiger partial charge in [0.05, 0.1) is 12.3 Å². The molecule has 0 saturated carbocycles. The van der Waals surface area contributed by atoms with Gasteiger partial charge in [0.25, 0.3) is 0 Å². The van der Waals surface area contributed by atoms with Crippen LogP contribution in [0.3, 0.4) is 0 Å². The van der Waals surface area contributed by atoms with E-state index < -0.39 is 0 Å². The molecule has 0 saturated heterocycles. The molecular formula is C14H17BP+. The summed E-state index contributed by atoms with van der Waals surface area (Å²) in [6.45, 7) is 0. The smallest absolute Gasteiger partial charge is 0.0622 e. The average molecular weight is 227 g/mol. The van der Waals surface area contributed by atoms with Gasteiger partial charge in [-0.3, -0.25) is 0 Å². The quantitative estimate of drug-likeness (QED) is 0.556. The van der Waals surface area contributed by atoms with E-state index in [1.165, 1.54) is 23.5 Å². The molecule has 0 radical (unpaired) electrons. The lowest BCUT2D eigenvalue weighted by molar-refractivity contribution is 1.34. The predicted octanol–water partition coefficient (Wildman–Crippen LogP) is 3.15. The van der Waals surface area contributed by atoms with Gasteiger partial charge in [-0.05, 0) is 18.9 Å². The molecule has 0 unspecified atom stereocenters. The molecule has 0 aromatic heterocycles. The van der Waals surface area contributed by atoms with Crippen LogP contribution in [0.4, 0.5) is 0 Å². The first-order valence-corrected chi connectivity index (χ1v) is 8.15. The Hall–Kier alpha value is -1.07. The SMILES string of the molecule is B[PH+](Cc1ccccc1)Cc1ccccc1. The molecule has 0 spiro atoms. The van der Waals surface area contributed by atoms with Gasteiger partial charge in [0.1, 0.15) is 0 Å². The van der Waals surface area contributed by atoms with Crippen molar-refractivity contribution in [2.75, 3.05) is 0 Å². The Balaban J connectivity index is 1.92. The molecule has 0 atom stereocenters. The van der Waals surface area contributed by atoms with Crippen LogP contribution in [0.5, 0.6) is 0 Å². The number of rotatable bonds is 4. The topological polar surface area (TPSA) is 0 Å². The van der Waals surface area contributed by atoms with Crippen molar-refractivity contribution in [3.8, 4) is 0 Å². The predicted molar refractivity (Wildman–Crippen MR) is 77.2 cm³/mol. The lowest BCUT2D eigenvalue weighted by Gasteiger charge is -2.06. The molecule has 2 aromatic carbocycles. The van der Waals surface area contributed by atoms with Gasteiger partial charge >= 0.3 is 7.57 Å². The van der Waals surface area contributed by atoms with E-state index in [0.29, 0.717) is 0 Å². The molecule has 0 fully saturated rings. The van der Waals surface area contributed by atoms with Crippen LogP contribution < -0.4 is 0 Å². The van der Waals surface area contributed by atoms with Crippen molar-refractivity contribution in [3.05, 3.63) is 71.8 Å². The largest absolute Gasteiger partial charge is 0.305 e. The summed E-state index contributed by atoms with van der Waals surface area (Å²) in [7, 11) is 2.13. The van der Waals surface area contributed by atoms with E-state index in [-0.39, 0.29) is 7.80 Å². The summed E-state index contributed by atoms with van der Waals surface area (Å²) in [5.41, 5.74) is 2.96. The zero-order valence-electron chi connectivity index (χ0n) is 9.69. The lowest BCUT2D eigenvalue weighted by Crippen LogP contribution is -1.88. The standard InChI is InChI=1S/C14H16BP/c15-16(11-13-7-3-1-4-8-13)12-14-9-5-2-6-10-14/h1-10H,11-12,15H2/p+1. The maximum atomic E-state index is 2.42. The van der Waals surface area contributed by atoms with Crippen molar-refractivity contribution in [2.45, 2.75) is 12.3 Å². The van der Waals surface area contributed by atoms with E-state index in [1.807, 2.05) is 0 Å². The summed E-state index contributed by atoms with van der Waals surface area (Å²) in [4.78, 5) is 0. The first kappa shape index (κ1) is 11.4. The molecule has 2 aromatic rings. The third-order valence-corrected chi connectivity index (χ3v) is 4.72. The van der Waals surface area contributed by atoms with Crippen molar-refractivity contribution in [1.29, 1.82) is 0 Å². The highest BCUT2D eigenvalue weighted by Crippen LogP contribution is 2.37. The third kappa shape index (κ3) is 3.50. The fraction of sp³-hybridized carbons (Fsp3) is 0.143. The second kappa shape index (κ2) is 5.87. The third-order valence-electron chi connectivity index (χ3n) is 2.70. The van der Waals surface area contributed by atoms with E-state index in [9.17, 15) is 0 Å². The first-order chi connectivity index (χ1) is 7.84. The minimum Gasteiger partial charge on any atom is -0.0622 e. The molecule has 0 heterocycles. The van der Waals surface area contributed by atoms with Gasteiger partial charge in [-0.15, -0.1) is 0 Å². The van der Waals surface area contributed by atoms with Gasteiger partial charge < -0.3 is 0 Å². The molecule has 0 aliphatic carbocycles. The van der Waals surface area contributed by atoms with Crippen LogP contribution in [-0.4, -0.2) is 7.57 Å². The van der Waals surface area contributed by atoms with Crippen LogP contribution in [0.15, 0.2) is 60.7 Å². The van der Waals surface area contributed by atoms with E-state index in [2.05, 4.69) is 68.2 Å². The maximum absolute atomic E-state index is 2.42. The monoisotopic (exact) mass is 227 g/mol. The Morgan fingerprint density at radius 3 is 1.44 bits per heavy atom. The van der Waals surface area contributed by atoms with Crippen LogP contribution >= 0.6 is 7.80 Å². The summed E-state index contributed by atoms with van der Waals surface area (Å²) >= 11 is 0. The molecular weight excluding hydrogens is 210 g/mol. The molecule has 0 aliphatic heterocycles. The summed E-state index contributed by atoms with van der Waals surface area (Å²) in [6, 6.07) is 21.6. The molecule has 2 heteroatoms. The summed E-state index contributed by atoms with van der Waals surface area (Å²) in [6.07, 6.45) is 2.53. The highest BCUT2D eigenvalue weighted by molar-refractivity contribution is 7.80. The van der Waals surface area contributed by atoms with Crippen molar-refractivity contribution in [3.63, 3.8) is 0 Å². The molecule has 2 rings (SSSR count). The number of hydrogen-bond donors (Lipinski definition) is 0. The van der Waals surface area contributed by atoms with Gasteiger partial charge in [-0.1, -0.05) is 60.7 Å². The summed E-state index contributed by atoms with van der Waals surface area (Å²) in [5, 5.41) is 0. The maximum Gasteiger partial charge on any atom is 0.305 e. The summed E-state index contributed by atoms with van der Waals surface area (Å²) < 4.78 is 0. The zero-order valence-corrected chi connectivity index (χ0v) is 10.7. The molecule has 0 amide bonds. The molecule has 0 bridgehead atoms. The van der Waals surface area contributed by atoms with E-state index >= 15 is 0 Å². The van der Waals surface area contributed by atoms with E-state index in [1.54, 1.807) is 0 Å². The second-order valence-corrected chi connectivity index (χ2v) is 6.90. The minimum atomic E-state index is -0.294. The molecule has 0 N–H and O–H groups in total. The van der Waals surface area contributed by atoms with E-state index in [4.69, 9.17) is 0 Å². The number of benzene rings is 2. The Morgan fingerprint density at radius 2 is 1.06 bits per heavy atom. The van der Waals surface area contributed by atoms with Crippen molar-refractivity contribution < 1.29 is 0 Å². The molecule has 0 aliphatic rings. The first-order valence-electron chi connectivity index (χ1n) is 5.74. The Morgan fingerprint density at radius 1 is 0.688 bits per heavy atom. The van der Waals surface area contributed by atoms with Crippen LogP contribution in [0.25, 0.3) is 0 Å². The van der Waals surface area contributed by atoms with Gasteiger partial charge in [-0.25, -0.2) is 0 Å². The number of hydrogen-bond acceptors (Lipinski definition) is 0. The van der Waals surface area contributed by atoms with E-state index in [0.717, 1.165) is 0 Å². The Kier molecular flexibility index (Phi) is 4.19. The highest BCUT2D eigenvalue weighted by Gasteiger charge is 2.10. The Bertz CT molecular complexity index is 372. The van der Waals surface area contributed by atoms with Gasteiger partial charge in [0.2, 0.25) is 0 Å². The molecule has 16 heavy (non-hydrogen) atoms. The normalized spacial score (nSPS) is 10.6. The molecule has 80 valence electrons. The van der Waals surface area contributed by atoms with Crippen molar-refractivity contribution >= 4 is 15.4 Å². The fourth-order valence-corrected chi connectivity index (χ4v) is 3.94. The minimum absolute atomic E-state index is 0.294. The lowest BCUT2D eigenvalue weighted by atomic mass is 10.2. The summed E-state index contributed by atoms with van der Waals surface area (Å²) in [5.74, 6) is 0. The zero-order chi connectivity index (χ0) is 11.2. The second-order valence-electron chi connectivity index (χ2n) is 4.28. The van der Waals surface area contributed by atoms with Crippen molar-refractivity contribution in [2.24, 2.45) is 0 Å². The Labute approximate surface area is 99.8 Å². The fourth-order valence-electron chi connectivity index (χ4n) is 1.95. The average Bonchev–Trinajstić information content (AvgIpc) is 2.31. The van der Waals surface area contributed by atoms with Crippen LogP contribution in [0.2, 0.25) is 0 Å². The highest BCUT2D eigenvalue weighted by atomic mass is 31.1. The van der Waals surface area contributed by atoms with Crippen LogP contribution in [0, 0.1) is 0 Å². The molecule has 0 nitrogen and oxygen atoms in total. The van der Waals surface area contributed by atoms with Gasteiger partial charge in [-0.2, -0.15) is 0 Å².